The van der Waals surface area contributed by atoms with Crippen molar-refractivity contribution in [2.24, 2.45) is 0 Å². The molecule has 2 aromatic heterocycles. The van der Waals surface area contributed by atoms with Crippen molar-refractivity contribution >= 4 is 17.5 Å². The number of benzene rings is 1. The number of carbonyl (C=O) groups is 1. The summed E-state index contributed by atoms with van der Waals surface area (Å²) in [6.45, 7) is 0.364. The van der Waals surface area contributed by atoms with Crippen LogP contribution < -0.4 is 10.1 Å². The fraction of sp³-hybridized carbons (Fsp3) is 0.292. The highest BCUT2D eigenvalue weighted by atomic mass is 19.3. The third-order valence-corrected chi connectivity index (χ3v) is 5.53. The molecule has 35 heavy (non-hydrogen) atoms. The number of likely N-dealkylation sites (tertiary alicyclic amines) is 1. The lowest BCUT2D eigenvalue weighted by atomic mass is 10.1. The minimum Gasteiger partial charge on any atom is -0.489 e. The zero-order valence-electron chi connectivity index (χ0n) is 18.5. The summed E-state index contributed by atoms with van der Waals surface area (Å²) in [7, 11) is 0. The molecule has 2 N–H and O–H groups in total. The van der Waals surface area contributed by atoms with Crippen molar-refractivity contribution in [2.45, 2.75) is 31.5 Å². The summed E-state index contributed by atoms with van der Waals surface area (Å²) in [6, 6.07) is 12.6. The number of hydrogen-bond acceptors (Lipinski definition) is 8. The fourth-order valence-electron chi connectivity index (χ4n) is 3.69. The summed E-state index contributed by atoms with van der Waals surface area (Å²) >= 11 is 0. The summed E-state index contributed by atoms with van der Waals surface area (Å²) in [5, 5.41) is 22.1. The van der Waals surface area contributed by atoms with Crippen LogP contribution in [0.5, 0.6) is 5.75 Å². The van der Waals surface area contributed by atoms with Crippen LogP contribution in [0.25, 0.3) is 11.3 Å². The van der Waals surface area contributed by atoms with Crippen molar-refractivity contribution in [1.82, 2.24) is 19.9 Å². The highest BCUT2D eigenvalue weighted by Gasteiger charge is 2.32. The molecular weight excluding hydrogens is 458 g/mol. The minimum absolute atomic E-state index is 0.182. The number of halogens is 2. The maximum atomic E-state index is 12.6. The maximum absolute atomic E-state index is 12.6. The first-order valence-corrected chi connectivity index (χ1v) is 10.9. The van der Waals surface area contributed by atoms with E-state index in [0.717, 1.165) is 5.69 Å². The van der Waals surface area contributed by atoms with Crippen LogP contribution in [0.4, 0.5) is 20.4 Å². The smallest absolute Gasteiger partial charge is 0.273 e. The van der Waals surface area contributed by atoms with Gasteiger partial charge in [-0.1, -0.05) is 0 Å². The number of carbonyl (C=O) groups excluding carboxylic acids is 1. The average Bonchev–Trinajstić information content (AvgIpc) is 2.89. The predicted molar refractivity (Wildman–Crippen MR) is 122 cm³/mol. The number of nitrogens with one attached hydrogen (secondary N) is 1. The lowest BCUT2D eigenvalue weighted by Gasteiger charge is -2.33. The fourth-order valence-corrected chi connectivity index (χ4v) is 3.69. The van der Waals surface area contributed by atoms with E-state index in [9.17, 15) is 23.9 Å². The quantitative estimate of drug-likeness (QED) is 0.529. The van der Waals surface area contributed by atoms with Gasteiger partial charge >= 0.3 is 0 Å². The highest BCUT2D eigenvalue weighted by molar-refractivity contribution is 5.81. The van der Waals surface area contributed by atoms with Crippen LogP contribution in [0.15, 0.2) is 55.0 Å². The number of pyridine rings is 1. The zero-order valence-corrected chi connectivity index (χ0v) is 18.5. The second-order valence-corrected chi connectivity index (χ2v) is 7.87. The monoisotopic (exact) mass is 480 g/mol. The molecule has 3 heterocycles. The Hall–Kier alpha value is -4.17. The molecule has 1 atom stereocenters. The third kappa shape index (κ3) is 5.85. The molecule has 1 aliphatic rings. The number of aliphatic hydroxyl groups is 1. The van der Waals surface area contributed by atoms with E-state index in [1.165, 1.54) is 4.90 Å². The van der Waals surface area contributed by atoms with Gasteiger partial charge in [0, 0.05) is 55.8 Å². The van der Waals surface area contributed by atoms with Gasteiger partial charge < -0.3 is 20.1 Å². The number of nitrogens with zero attached hydrogens (tertiary/aromatic N) is 5. The van der Waals surface area contributed by atoms with Crippen LogP contribution in [-0.4, -0.2) is 62.6 Å². The van der Waals surface area contributed by atoms with E-state index in [4.69, 9.17) is 4.74 Å². The molecule has 1 aromatic carbocycles. The standard InChI is InChI=1S/C24H22F2N6O3/c25-22(26)21(33)23(34)32-11-6-18(7-12-32)35-20-2-1-15(13-16(20)14-27)19-5-10-29-24(31-19)30-17-3-8-28-9-4-17/h1-5,8-10,13,18,21-22,33H,6-7,11-12H2,(H,28,29,30,31)/t21-/m0/s1. The van der Waals surface area contributed by atoms with Gasteiger partial charge in [0.2, 0.25) is 5.95 Å². The van der Waals surface area contributed by atoms with Crippen molar-refractivity contribution in [3.05, 3.63) is 60.6 Å². The van der Waals surface area contributed by atoms with E-state index in [1.807, 2.05) is 0 Å². The van der Waals surface area contributed by atoms with Gasteiger partial charge in [0.25, 0.3) is 12.3 Å². The van der Waals surface area contributed by atoms with Gasteiger partial charge in [-0.25, -0.2) is 18.7 Å². The van der Waals surface area contributed by atoms with E-state index < -0.39 is 18.4 Å². The number of aromatic nitrogens is 3. The van der Waals surface area contributed by atoms with E-state index in [1.54, 1.807) is 55.0 Å². The molecular formula is C24H22F2N6O3. The number of rotatable bonds is 7. The van der Waals surface area contributed by atoms with Crippen molar-refractivity contribution in [3.8, 4) is 23.1 Å². The summed E-state index contributed by atoms with van der Waals surface area (Å²) < 4.78 is 31.2. The Labute approximate surface area is 200 Å². The normalized spacial score (nSPS) is 14.9. The van der Waals surface area contributed by atoms with Gasteiger partial charge in [0.15, 0.2) is 6.10 Å². The summed E-state index contributed by atoms with van der Waals surface area (Å²) in [6.07, 6.45) is -0.0254. The summed E-state index contributed by atoms with van der Waals surface area (Å²) in [5.41, 5.74) is 2.42. The molecule has 4 rings (SSSR count). The second-order valence-electron chi connectivity index (χ2n) is 7.87. The van der Waals surface area contributed by atoms with Crippen LogP contribution in [0, 0.1) is 11.3 Å². The average molecular weight is 480 g/mol. The molecule has 0 saturated carbocycles. The van der Waals surface area contributed by atoms with Gasteiger partial charge in [-0.15, -0.1) is 0 Å². The Bertz CT molecular complexity index is 1210. The van der Waals surface area contributed by atoms with Crippen molar-refractivity contribution in [3.63, 3.8) is 0 Å². The third-order valence-electron chi connectivity index (χ3n) is 5.53. The molecule has 1 amide bonds. The number of piperidine rings is 1. The van der Waals surface area contributed by atoms with Crippen LogP contribution in [0.3, 0.4) is 0 Å². The van der Waals surface area contributed by atoms with E-state index >= 15 is 0 Å². The molecule has 9 nitrogen and oxygen atoms in total. The van der Waals surface area contributed by atoms with Crippen molar-refractivity contribution in [2.75, 3.05) is 18.4 Å². The molecule has 1 aliphatic heterocycles. The van der Waals surface area contributed by atoms with E-state index in [0.29, 0.717) is 41.4 Å². The number of aliphatic hydroxyl groups excluding tert-OH is 1. The maximum Gasteiger partial charge on any atom is 0.273 e. The van der Waals surface area contributed by atoms with E-state index in [-0.39, 0.29) is 19.2 Å². The summed E-state index contributed by atoms with van der Waals surface area (Å²) in [5.74, 6) is -0.202. The van der Waals surface area contributed by atoms with Crippen LogP contribution in [-0.2, 0) is 4.79 Å². The Morgan fingerprint density at radius 2 is 1.91 bits per heavy atom. The highest BCUT2D eigenvalue weighted by Crippen LogP contribution is 2.28. The topological polar surface area (TPSA) is 124 Å². The van der Waals surface area contributed by atoms with Crippen molar-refractivity contribution < 1.29 is 23.4 Å². The molecule has 0 unspecified atom stereocenters. The van der Waals surface area contributed by atoms with Crippen LogP contribution >= 0.6 is 0 Å². The van der Waals surface area contributed by atoms with Crippen molar-refractivity contribution in [1.29, 1.82) is 5.26 Å². The molecule has 1 saturated heterocycles. The first-order chi connectivity index (χ1) is 16.9. The lowest BCUT2D eigenvalue weighted by Crippen LogP contribution is -2.47. The zero-order chi connectivity index (χ0) is 24.8. The van der Waals surface area contributed by atoms with Gasteiger partial charge in [-0.3, -0.25) is 9.78 Å². The summed E-state index contributed by atoms with van der Waals surface area (Å²) in [4.78, 5) is 25.8. The van der Waals surface area contributed by atoms with Gasteiger partial charge in [-0.05, 0) is 36.4 Å². The first-order valence-electron chi connectivity index (χ1n) is 10.9. The van der Waals surface area contributed by atoms with Crippen LogP contribution in [0.1, 0.15) is 18.4 Å². The number of ether oxygens (including phenoxy) is 1. The van der Waals surface area contributed by atoms with Gasteiger partial charge in [-0.2, -0.15) is 5.26 Å². The largest absolute Gasteiger partial charge is 0.489 e. The number of anilines is 2. The van der Waals surface area contributed by atoms with E-state index in [2.05, 4.69) is 26.3 Å². The molecule has 11 heteroatoms. The van der Waals surface area contributed by atoms with Crippen LogP contribution in [0.2, 0.25) is 0 Å². The Balaban J connectivity index is 1.42. The Morgan fingerprint density at radius 1 is 1.17 bits per heavy atom. The first kappa shape index (κ1) is 24.0. The molecule has 1 fully saturated rings. The molecule has 0 aliphatic carbocycles. The number of alkyl halides is 2. The molecule has 180 valence electrons. The number of hydrogen-bond donors (Lipinski definition) is 2. The molecule has 0 radical (unpaired) electrons. The van der Waals surface area contributed by atoms with Gasteiger partial charge in [0.1, 0.15) is 17.9 Å². The molecule has 0 spiro atoms. The minimum atomic E-state index is -3.12. The molecule has 3 aromatic rings. The SMILES string of the molecule is N#Cc1cc(-c2ccnc(Nc3ccncc3)n2)ccc1OC1CCN(C(=O)[C@@H](O)C(F)F)CC1. The predicted octanol–water partition coefficient (Wildman–Crippen LogP) is 3.15. The van der Waals surface area contributed by atoms with Gasteiger partial charge in [0.05, 0.1) is 11.3 Å². The molecule has 0 bridgehead atoms. The Morgan fingerprint density at radius 3 is 2.60 bits per heavy atom. The number of amides is 1. The Kier molecular flexibility index (Phi) is 7.42. The second kappa shape index (κ2) is 10.8. The number of nitriles is 1. The lowest BCUT2D eigenvalue weighted by molar-refractivity contribution is -0.150.